The molecule has 2 aromatic rings. The maximum absolute atomic E-state index is 13.6. The Morgan fingerprint density at radius 1 is 0.830 bits per heavy atom. The number of carbonyl (C=O) groups excluding carboxylic acids is 3. The van der Waals surface area contributed by atoms with Gasteiger partial charge in [0, 0.05) is 11.8 Å². The van der Waals surface area contributed by atoms with Crippen LogP contribution in [-0.4, -0.2) is 36.6 Å². The van der Waals surface area contributed by atoms with Gasteiger partial charge in [0.25, 0.3) is 0 Å². The molecule has 2 aromatic carbocycles. The second-order valence-corrected chi connectivity index (χ2v) is 16.5. The SMILES string of the molecule is CC(=O)[C@H]1CC[C@H]2[C@@H]3CC[C@@H]4C[C@H](OC(=O)[C@@H](NC(=O)OCC5c6ccccc6-c6ccccc65)C(C)C)CC[C@]4(C)[C@H]3CC[C@]12C. The Kier molecular flexibility index (Phi) is 8.54. The van der Waals surface area contributed by atoms with E-state index in [4.69, 9.17) is 9.47 Å². The molecule has 6 nitrogen and oxygen atoms in total. The van der Waals surface area contributed by atoms with Crippen molar-refractivity contribution in [3.05, 3.63) is 59.7 Å². The predicted octanol–water partition coefficient (Wildman–Crippen LogP) is 8.71. The van der Waals surface area contributed by atoms with Gasteiger partial charge in [-0.3, -0.25) is 4.79 Å². The van der Waals surface area contributed by atoms with Crippen LogP contribution in [0.25, 0.3) is 11.1 Å². The molecule has 7 rings (SSSR count). The lowest BCUT2D eigenvalue weighted by atomic mass is 9.44. The number of carbonyl (C=O) groups is 3. The van der Waals surface area contributed by atoms with E-state index in [-0.39, 0.29) is 47.3 Å². The summed E-state index contributed by atoms with van der Waals surface area (Å²) in [5.41, 5.74) is 5.11. The monoisotopic (exact) mass is 639 g/mol. The molecule has 0 saturated heterocycles. The van der Waals surface area contributed by atoms with Crippen molar-refractivity contribution >= 4 is 17.8 Å². The number of hydrogen-bond donors (Lipinski definition) is 1. The molecule has 252 valence electrons. The fourth-order valence-electron chi connectivity index (χ4n) is 11.5. The topological polar surface area (TPSA) is 81.7 Å². The van der Waals surface area contributed by atoms with E-state index in [1.165, 1.54) is 43.2 Å². The molecule has 0 heterocycles. The molecule has 0 aromatic heterocycles. The zero-order valence-corrected chi connectivity index (χ0v) is 28.9. The summed E-state index contributed by atoms with van der Waals surface area (Å²) < 4.78 is 12.0. The Hall–Kier alpha value is -3.15. The van der Waals surface area contributed by atoms with Crippen molar-refractivity contribution in [2.75, 3.05) is 6.61 Å². The lowest BCUT2D eigenvalue weighted by molar-refractivity contribution is -0.166. The van der Waals surface area contributed by atoms with Crippen LogP contribution in [0.4, 0.5) is 4.79 Å². The summed E-state index contributed by atoms with van der Waals surface area (Å²) in [6.07, 6.45) is 9.21. The van der Waals surface area contributed by atoms with Crippen molar-refractivity contribution < 1.29 is 23.9 Å². The van der Waals surface area contributed by atoms with Gasteiger partial charge in [-0.25, -0.2) is 9.59 Å². The Bertz CT molecular complexity index is 1490. The van der Waals surface area contributed by atoms with Crippen LogP contribution in [0.5, 0.6) is 0 Å². The van der Waals surface area contributed by atoms with Crippen LogP contribution in [0.2, 0.25) is 0 Å². The van der Waals surface area contributed by atoms with Crippen molar-refractivity contribution in [1.29, 1.82) is 0 Å². The largest absolute Gasteiger partial charge is 0.461 e. The summed E-state index contributed by atoms with van der Waals surface area (Å²) in [6.45, 7) is 10.8. The van der Waals surface area contributed by atoms with E-state index >= 15 is 0 Å². The fraction of sp³-hybridized carbons (Fsp3) is 0.634. The Balaban J connectivity index is 0.953. The van der Waals surface area contributed by atoms with E-state index in [1.54, 1.807) is 0 Å². The van der Waals surface area contributed by atoms with Crippen LogP contribution in [0, 0.1) is 46.3 Å². The second-order valence-electron chi connectivity index (χ2n) is 16.5. The molecule has 0 aliphatic heterocycles. The van der Waals surface area contributed by atoms with Crippen LogP contribution in [-0.2, 0) is 19.1 Å². The molecular weight excluding hydrogens is 586 g/mol. The highest BCUT2D eigenvalue weighted by atomic mass is 16.6. The number of esters is 1. The molecule has 9 atom stereocenters. The van der Waals surface area contributed by atoms with E-state index in [2.05, 4.69) is 43.4 Å². The third-order valence-electron chi connectivity index (χ3n) is 13.9. The second kappa shape index (κ2) is 12.4. The third kappa shape index (κ3) is 5.52. The summed E-state index contributed by atoms with van der Waals surface area (Å²) in [7, 11) is 0. The van der Waals surface area contributed by atoms with Crippen LogP contribution in [0.1, 0.15) is 109 Å². The molecule has 1 amide bonds. The summed E-state index contributed by atoms with van der Waals surface area (Å²) in [5.74, 6) is 2.72. The molecule has 5 aliphatic rings. The maximum Gasteiger partial charge on any atom is 0.407 e. The number of fused-ring (bicyclic) bond motifs is 8. The molecule has 1 N–H and O–H groups in total. The normalized spacial score (nSPS) is 34.7. The van der Waals surface area contributed by atoms with Crippen molar-refractivity contribution in [3.8, 4) is 11.1 Å². The van der Waals surface area contributed by atoms with Crippen LogP contribution in [0.3, 0.4) is 0 Å². The maximum atomic E-state index is 13.6. The quantitative estimate of drug-likeness (QED) is 0.307. The van der Waals surface area contributed by atoms with Crippen molar-refractivity contribution in [2.45, 2.75) is 110 Å². The molecule has 0 spiro atoms. The molecular formula is C41H53NO5. The molecule has 6 heteroatoms. The van der Waals surface area contributed by atoms with Gasteiger partial charge in [0.1, 0.15) is 24.5 Å². The van der Waals surface area contributed by atoms with E-state index in [1.807, 2.05) is 45.0 Å². The zero-order valence-electron chi connectivity index (χ0n) is 28.9. The first-order valence-electron chi connectivity index (χ1n) is 18.3. The van der Waals surface area contributed by atoms with Gasteiger partial charge in [-0.2, -0.15) is 0 Å². The van der Waals surface area contributed by atoms with E-state index in [0.29, 0.717) is 29.5 Å². The average Bonchev–Trinajstić information content (AvgIpc) is 3.57. The van der Waals surface area contributed by atoms with Crippen LogP contribution >= 0.6 is 0 Å². The number of rotatable bonds is 7. The minimum atomic E-state index is -0.762. The summed E-state index contributed by atoms with van der Waals surface area (Å²) in [6, 6.07) is 15.8. The van der Waals surface area contributed by atoms with Crippen molar-refractivity contribution in [3.63, 3.8) is 0 Å². The highest BCUT2D eigenvalue weighted by molar-refractivity contribution is 5.82. The molecule has 47 heavy (non-hydrogen) atoms. The van der Waals surface area contributed by atoms with Crippen molar-refractivity contribution in [1.82, 2.24) is 5.32 Å². The van der Waals surface area contributed by atoms with Crippen molar-refractivity contribution in [2.24, 2.45) is 46.3 Å². The number of amides is 1. The smallest absolute Gasteiger partial charge is 0.407 e. The standard InChI is InChI=1S/C41H53NO5/c1-24(2)37(42-39(45)46-23-33-30-12-8-6-10-28(30)29-11-7-9-13-31(29)33)38(44)47-27-18-20-40(4)26(22-27)14-15-32-35-17-16-34(25(3)43)41(35,5)21-19-36(32)40/h6-13,24,26-27,32-37H,14-23H2,1-5H3,(H,42,45)/t26-,27-,32+,34-,35+,36+,37+,40+,41-/m1/s1. The summed E-state index contributed by atoms with van der Waals surface area (Å²) in [5, 5.41) is 2.86. The third-order valence-corrected chi connectivity index (χ3v) is 13.9. The first kappa shape index (κ1) is 32.4. The van der Waals surface area contributed by atoms with Gasteiger partial charge in [0.2, 0.25) is 0 Å². The highest BCUT2D eigenvalue weighted by Crippen LogP contribution is 2.67. The molecule has 0 unspecified atom stereocenters. The highest BCUT2D eigenvalue weighted by Gasteiger charge is 2.61. The summed E-state index contributed by atoms with van der Waals surface area (Å²) >= 11 is 0. The molecule has 4 fully saturated rings. The minimum absolute atomic E-state index is 0.0358. The number of benzene rings is 2. The number of alkyl carbamates (subject to hydrolysis) is 1. The average molecular weight is 640 g/mol. The zero-order chi connectivity index (χ0) is 33.1. The number of Topliss-reactive ketones (excluding diaryl/α,β-unsaturated/α-hetero) is 1. The van der Waals surface area contributed by atoms with Gasteiger partial charge in [0.05, 0.1) is 0 Å². The fourth-order valence-corrected chi connectivity index (χ4v) is 11.5. The van der Waals surface area contributed by atoms with Crippen LogP contribution < -0.4 is 5.32 Å². The van der Waals surface area contributed by atoms with Gasteiger partial charge in [-0.05, 0) is 127 Å². The van der Waals surface area contributed by atoms with Gasteiger partial charge < -0.3 is 14.8 Å². The lowest BCUT2D eigenvalue weighted by Crippen LogP contribution is -2.55. The van der Waals surface area contributed by atoms with Gasteiger partial charge in [0.15, 0.2) is 0 Å². The minimum Gasteiger partial charge on any atom is -0.461 e. The lowest BCUT2D eigenvalue weighted by Gasteiger charge is -2.61. The Morgan fingerprint density at radius 2 is 1.47 bits per heavy atom. The first-order valence-corrected chi connectivity index (χ1v) is 18.3. The molecule has 5 aliphatic carbocycles. The molecule has 0 radical (unpaired) electrons. The Labute approximate surface area is 280 Å². The van der Waals surface area contributed by atoms with Gasteiger partial charge in [-0.15, -0.1) is 0 Å². The van der Waals surface area contributed by atoms with Gasteiger partial charge >= 0.3 is 12.1 Å². The van der Waals surface area contributed by atoms with E-state index < -0.39 is 12.1 Å². The molecule has 0 bridgehead atoms. The predicted molar refractivity (Wildman–Crippen MR) is 183 cm³/mol. The number of nitrogens with one attached hydrogen (secondary N) is 1. The van der Waals surface area contributed by atoms with Gasteiger partial charge in [-0.1, -0.05) is 76.2 Å². The van der Waals surface area contributed by atoms with Crippen LogP contribution in [0.15, 0.2) is 48.5 Å². The number of ketones is 1. The van der Waals surface area contributed by atoms with E-state index in [0.717, 1.165) is 36.8 Å². The molecule has 4 saturated carbocycles. The van der Waals surface area contributed by atoms with E-state index in [9.17, 15) is 14.4 Å². The first-order chi connectivity index (χ1) is 22.5. The summed E-state index contributed by atoms with van der Waals surface area (Å²) in [4.78, 5) is 39.2. The number of ether oxygens (including phenoxy) is 2. The Morgan fingerprint density at radius 3 is 2.13 bits per heavy atom. The number of hydrogen-bond acceptors (Lipinski definition) is 5.